The van der Waals surface area contributed by atoms with Crippen LogP contribution in [0.5, 0.6) is 0 Å². The zero-order valence-electron chi connectivity index (χ0n) is 28.9. The van der Waals surface area contributed by atoms with Gasteiger partial charge < -0.3 is 13.9 Å². The summed E-state index contributed by atoms with van der Waals surface area (Å²) in [6.45, 7) is 13.2. The summed E-state index contributed by atoms with van der Waals surface area (Å²) in [7, 11) is 0. The van der Waals surface area contributed by atoms with Crippen LogP contribution in [0.1, 0.15) is 80.2 Å². The molecule has 248 valence electrons. The van der Waals surface area contributed by atoms with Crippen molar-refractivity contribution in [3.63, 3.8) is 0 Å². The SMILES string of the molecule is Cc1ccc2c(c1)c1ccc(-n3c4ccc(C(C)C)cc4c4cccnc43)[c-]c1n2-c1[c-]c(C2=N[C@]3(C)CCCC[C@@H]3O2)c(C)cc1C.[Pt+2]. The number of aliphatic imine (C=N–C) groups is 1. The Morgan fingerprint density at radius 3 is 2.45 bits per heavy atom. The molecule has 0 saturated heterocycles. The van der Waals surface area contributed by atoms with E-state index >= 15 is 0 Å². The van der Waals surface area contributed by atoms with Crippen LogP contribution in [0.25, 0.3) is 55.1 Å². The molecule has 9 rings (SSSR count). The minimum Gasteiger partial charge on any atom is -0.514 e. The van der Waals surface area contributed by atoms with Crippen LogP contribution >= 0.6 is 0 Å². The van der Waals surface area contributed by atoms with Gasteiger partial charge in [-0.1, -0.05) is 74.6 Å². The Morgan fingerprint density at radius 2 is 1.63 bits per heavy atom. The second-order valence-corrected chi connectivity index (χ2v) is 14.6. The number of hydrogen-bond donors (Lipinski definition) is 0. The summed E-state index contributed by atoms with van der Waals surface area (Å²) in [5, 5.41) is 4.74. The van der Waals surface area contributed by atoms with Crippen LogP contribution in [0.4, 0.5) is 0 Å². The molecule has 2 aliphatic rings. The number of pyridine rings is 1. The van der Waals surface area contributed by atoms with Gasteiger partial charge in [0.15, 0.2) is 0 Å². The molecular formula is C43H40N4OPt. The summed E-state index contributed by atoms with van der Waals surface area (Å²) < 4.78 is 11.2. The van der Waals surface area contributed by atoms with E-state index in [1.165, 1.54) is 34.7 Å². The normalized spacial score (nSPS) is 19.1. The van der Waals surface area contributed by atoms with Crippen molar-refractivity contribution in [1.82, 2.24) is 14.1 Å². The topological polar surface area (TPSA) is 44.3 Å². The van der Waals surface area contributed by atoms with Gasteiger partial charge in [0.1, 0.15) is 17.6 Å². The molecule has 0 radical (unpaired) electrons. The molecule has 0 spiro atoms. The number of aryl methyl sites for hydroxylation is 3. The number of fused-ring (bicyclic) bond motifs is 7. The molecule has 0 bridgehead atoms. The molecule has 7 aromatic rings. The fourth-order valence-corrected chi connectivity index (χ4v) is 8.22. The molecule has 1 fully saturated rings. The predicted molar refractivity (Wildman–Crippen MR) is 197 cm³/mol. The van der Waals surface area contributed by atoms with Crippen molar-refractivity contribution in [3.8, 4) is 11.4 Å². The van der Waals surface area contributed by atoms with E-state index in [1.807, 2.05) is 12.3 Å². The van der Waals surface area contributed by atoms with Crippen molar-refractivity contribution in [2.75, 3.05) is 0 Å². The van der Waals surface area contributed by atoms with Gasteiger partial charge in [0.25, 0.3) is 0 Å². The molecule has 0 unspecified atom stereocenters. The quantitative estimate of drug-likeness (QED) is 0.166. The van der Waals surface area contributed by atoms with E-state index in [9.17, 15) is 0 Å². The molecule has 5 nitrogen and oxygen atoms in total. The Balaban J connectivity index is 0.00000348. The average Bonchev–Trinajstić information content (AvgIpc) is 3.71. The monoisotopic (exact) mass is 823 g/mol. The first-order valence-corrected chi connectivity index (χ1v) is 17.4. The molecular weight excluding hydrogens is 784 g/mol. The third-order valence-corrected chi connectivity index (χ3v) is 10.9. The minimum absolute atomic E-state index is 0. The Bertz CT molecular complexity index is 2480. The molecule has 1 aliphatic heterocycles. The summed E-state index contributed by atoms with van der Waals surface area (Å²) in [5.41, 5.74) is 11.8. The number of aromatic nitrogens is 3. The maximum atomic E-state index is 6.60. The molecule has 0 N–H and O–H groups in total. The number of hydrogen-bond acceptors (Lipinski definition) is 3. The van der Waals surface area contributed by atoms with Crippen molar-refractivity contribution >= 4 is 49.6 Å². The second kappa shape index (κ2) is 11.7. The summed E-state index contributed by atoms with van der Waals surface area (Å²) in [5.74, 6) is 1.18. The molecule has 1 saturated carbocycles. The van der Waals surface area contributed by atoms with E-state index in [1.54, 1.807) is 0 Å². The molecule has 4 aromatic carbocycles. The molecule has 1 aliphatic carbocycles. The number of nitrogens with zero attached hydrogens (tertiary/aromatic N) is 4. The molecule has 0 amide bonds. The second-order valence-electron chi connectivity index (χ2n) is 14.6. The standard InChI is InChI=1S/C43H40N4O.Pt/c1-25(2)29-13-17-36-35(22-29)32-10-9-19-44-41(32)46(36)30-14-15-31-34-20-26(3)12-16-37(34)47(39(31)23-30)38-24-33(27(4)21-28(38)5)42-45-43(6)18-8-7-11-40(43)48-42;/h9-10,12-17,19-22,25,40H,7-8,11,18H2,1-6H3;/q-2;+2/t40-,43+;/m0./s1. The van der Waals surface area contributed by atoms with Gasteiger partial charge in [0.05, 0.1) is 11.1 Å². The van der Waals surface area contributed by atoms with Gasteiger partial charge in [-0.2, -0.15) is 6.07 Å². The third kappa shape index (κ3) is 4.91. The Labute approximate surface area is 302 Å². The van der Waals surface area contributed by atoms with E-state index in [0.29, 0.717) is 5.92 Å². The van der Waals surface area contributed by atoms with Gasteiger partial charge in [0.2, 0.25) is 0 Å². The van der Waals surface area contributed by atoms with Crippen LogP contribution in [0.2, 0.25) is 0 Å². The van der Waals surface area contributed by atoms with Crippen LogP contribution in [-0.4, -0.2) is 31.7 Å². The molecule has 2 atom stereocenters. The van der Waals surface area contributed by atoms with E-state index < -0.39 is 0 Å². The van der Waals surface area contributed by atoms with E-state index in [-0.39, 0.29) is 32.7 Å². The van der Waals surface area contributed by atoms with Crippen molar-refractivity contribution in [3.05, 3.63) is 113 Å². The van der Waals surface area contributed by atoms with Crippen LogP contribution in [0.15, 0.2) is 77.9 Å². The molecule has 3 aromatic heterocycles. The maximum absolute atomic E-state index is 6.60. The molecule has 49 heavy (non-hydrogen) atoms. The maximum Gasteiger partial charge on any atom is 2.00 e. The summed E-state index contributed by atoms with van der Waals surface area (Å²) >= 11 is 0. The van der Waals surface area contributed by atoms with Crippen molar-refractivity contribution in [2.45, 2.75) is 84.8 Å². The Kier molecular flexibility index (Phi) is 7.64. The van der Waals surface area contributed by atoms with Crippen LogP contribution in [0, 0.1) is 32.9 Å². The van der Waals surface area contributed by atoms with Crippen molar-refractivity contribution in [1.29, 1.82) is 0 Å². The average molecular weight is 824 g/mol. The Hall–Kier alpha value is -4.21. The fourth-order valence-electron chi connectivity index (χ4n) is 8.22. The van der Waals surface area contributed by atoms with Gasteiger partial charge in [-0.3, -0.25) is 4.99 Å². The fraction of sp³-hybridized carbons (Fsp3) is 0.302. The summed E-state index contributed by atoms with van der Waals surface area (Å²) in [6.07, 6.45) is 6.55. The van der Waals surface area contributed by atoms with E-state index in [0.717, 1.165) is 79.8 Å². The zero-order valence-corrected chi connectivity index (χ0v) is 31.2. The number of benzene rings is 4. The van der Waals surface area contributed by atoms with E-state index in [4.69, 9.17) is 14.7 Å². The van der Waals surface area contributed by atoms with Gasteiger partial charge in [0, 0.05) is 22.5 Å². The Morgan fingerprint density at radius 1 is 0.837 bits per heavy atom. The zero-order chi connectivity index (χ0) is 32.9. The van der Waals surface area contributed by atoms with Crippen molar-refractivity contribution in [2.24, 2.45) is 4.99 Å². The first kappa shape index (κ1) is 32.0. The predicted octanol–water partition coefficient (Wildman–Crippen LogP) is 10.4. The smallest absolute Gasteiger partial charge is 0.514 e. The van der Waals surface area contributed by atoms with Gasteiger partial charge in [-0.15, -0.1) is 40.8 Å². The van der Waals surface area contributed by atoms with Gasteiger partial charge in [-0.25, -0.2) is 4.98 Å². The summed E-state index contributed by atoms with van der Waals surface area (Å²) in [4.78, 5) is 10.1. The summed E-state index contributed by atoms with van der Waals surface area (Å²) in [6, 6.07) is 32.2. The largest absolute Gasteiger partial charge is 2.00 e. The van der Waals surface area contributed by atoms with Crippen LogP contribution in [-0.2, 0) is 25.8 Å². The molecule has 4 heterocycles. The molecule has 6 heteroatoms. The van der Waals surface area contributed by atoms with Crippen LogP contribution in [0.3, 0.4) is 0 Å². The third-order valence-electron chi connectivity index (χ3n) is 10.9. The van der Waals surface area contributed by atoms with E-state index in [2.05, 4.69) is 123 Å². The first-order valence-electron chi connectivity index (χ1n) is 17.4. The first-order chi connectivity index (χ1) is 23.2. The van der Waals surface area contributed by atoms with Crippen LogP contribution < -0.4 is 0 Å². The minimum atomic E-state index is -0.155. The van der Waals surface area contributed by atoms with Gasteiger partial charge >= 0.3 is 21.1 Å². The van der Waals surface area contributed by atoms with Crippen molar-refractivity contribution < 1.29 is 25.8 Å². The number of rotatable bonds is 4. The van der Waals surface area contributed by atoms with Gasteiger partial charge in [-0.05, 0) is 86.0 Å². The number of ether oxygens (including phenoxy) is 1.